The summed E-state index contributed by atoms with van der Waals surface area (Å²) in [5.74, 6) is 4.54. The van der Waals surface area contributed by atoms with Crippen LogP contribution in [0.3, 0.4) is 0 Å². The zero-order valence-electron chi connectivity index (χ0n) is 17.9. The van der Waals surface area contributed by atoms with E-state index >= 15 is 0 Å². The maximum absolute atomic E-state index is 13.4. The largest absolute Gasteiger partial charge is 0.494 e. The van der Waals surface area contributed by atoms with Crippen LogP contribution in [0.2, 0.25) is 0 Å². The molecule has 0 aliphatic rings. The highest BCUT2D eigenvalue weighted by molar-refractivity contribution is 7.90. The summed E-state index contributed by atoms with van der Waals surface area (Å²) >= 11 is 0. The maximum atomic E-state index is 13.4. The third-order valence-corrected chi connectivity index (χ3v) is 6.07. The van der Waals surface area contributed by atoms with E-state index in [9.17, 15) is 18.3 Å². The summed E-state index contributed by atoms with van der Waals surface area (Å²) in [6.07, 6.45) is 1.43. The number of rotatable bonds is 8. The summed E-state index contributed by atoms with van der Waals surface area (Å²) in [5, 5.41) is 9.55. The molecule has 1 aromatic carbocycles. The maximum Gasteiger partial charge on any atom is 0.275 e. The van der Waals surface area contributed by atoms with Crippen LogP contribution in [0.5, 0.6) is 11.5 Å². The van der Waals surface area contributed by atoms with Crippen molar-refractivity contribution in [2.75, 3.05) is 19.2 Å². The topological polar surface area (TPSA) is 118 Å². The second-order valence-electron chi connectivity index (χ2n) is 6.58. The van der Waals surface area contributed by atoms with Crippen LogP contribution in [0, 0.1) is 18.8 Å². The van der Waals surface area contributed by atoms with Gasteiger partial charge in [-0.15, -0.1) is 10.8 Å². The van der Waals surface area contributed by atoms with Gasteiger partial charge in [0.25, 0.3) is 5.91 Å². The number of methoxy groups -OCH3 is 2. The summed E-state index contributed by atoms with van der Waals surface area (Å²) in [6, 6.07) is 6.32. The molecular formula is C21H25N3O6S. The smallest absolute Gasteiger partial charge is 0.275 e. The van der Waals surface area contributed by atoms with Gasteiger partial charge in [-0.1, -0.05) is 12.0 Å². The van der Waals surface area contributed by atoms with E-state index in [1.54, 1.807) is 37.4 Å². The monoisotopic (exact) mass is 447 g/mol. The minimum Gasteiger partial charge on any atom is -0.494 e. The van der Waals surface area contributed by atoms with Gasteiger partial charge in [-0.25, -0.2) is 13.4 Å². The Labute approximate surface area is 182 Å². The van der Waals surface area contributed by atoms with E-state index in [1.165, 1.54) is 34.3 Å². The number of amides is 1. The number of aryl methyl sites for hydroxylation is 1. The van der Waals surface area contributed by atoms with Crippen molar-refractivity contribution in [2.45, 2.75) is 32.1 Å². The molecule has 0 aliphatic carbocycles. The van der Waals surface area contributed by atoms with E-state index in [-0.39, 0.29) is 22.7 Å². The van der Waals surface area contributed by atoms with Crippen molar-refractivity contribution in [3.05, 3.63) is 47.8 Å². The van der Waals surface area contributed by atoms with Gasteiger partial charge in [-0.2, -0.15) is 0 Å². The highest BCUT2D eigenvalue weighted by Crippen LogP contribution is 2.38. The number of anilines is 1. The fraction of sp³-hybridized carbons (Fsp3) is 0.333. The molecule has 31 heavy (non-hydrogen) atoms. The van der Waals surface area contributed by atoms with Gasteiger partial charge in [0.2, 0.25) is 10.0 Å². The van der Waals surface area contributed by atoms with Gasteiger partial charge in [-0.3, -0.25) is 9.78 Å². The zero-order valence-corrected chi connectivity index (χ0v) is 18.7. The molecule has 166 valence electrons. The van der Waals surface area contributed by atoms with Crippen LogP contribution in [0.25, 0.3) is 0 Å². The Balaban J connectivity index is 2.64. The molecule has 0 aliphatic heterocycles. The number of benzene rings is 1. The number of aliphatic hydroxyl groups excluding tert-OH is 1. The lowest BCUT2D eigenvalue weighted by Gasteiger charge is -2.28. The van der Waals surface area contributed by atoms with Crippen LogP contribution in [0.15, 0.2) is 36.7 Å². The second-order valence-corrected chi connectivity index (χ2v) is 8.60. The lowest BCUT2D eigenvalue weighted by molar-refractivity contribution is 0.0979. The van der Waals surface area contributed by atoms with Gasteiger partial charge in [0.15, 0.2) is 0 Å². The number of hydrogen-bond donors (Lipinski definition) is 2. The molecule has 0 saturated carbocycles. The minimum atomic E-state index is -4.27. The summed E-state index contributed by atoms with van der Waals surface area (Å²) < 4.78 is 36.7. The van der Waals surface area contributed by atoms with Crippen LogP contribution in [-0.2, 0) is 10.0 Å². The molecule has 2 rings (SSSR count). The lowest BCUT2D eigenvalue weighted by atomic mass is 10.2. The summed E-state index contributed by atoms with van der Waals surface area (Å²) in [7, 11) is -1.51. The number of ether oxygens (including phenoxy) is 2. The number of carbonyl (C=O) groups is 1. The second kappa shape index (κ2) is 10.3. The predicted octanol–water partition coefficient (Wildman–Crippen LogP) is 1.66. The summed E-state index contributed by atoms with van der Waals surface area (Å²) in [4.78, 5) is 19.6. The molecule has 9 nitrogen and oxygen atoms in total. The zero-order chi connectivity index (χ0) is 23.2. The summed E-state index contributed by atoms with van der Waals surface area (Å²) in [5.41, 5.74) is 0.894. The van der Waals surface area contributed by atoms with Crippen molar-refractivity contribution >= 4 is 21.6 Å². The van der Waals surface area contributed by atoms with Crippen molar-refractivity contribution in [2.24, 2.45) is 0 Å². The Bertz CT molecular complexity index is 1090. The predicted molar refractivity (Wildman–Crippen MR) is 116 cm³/mol. The number of hydrogen-bond acceptors (Lipinski definition) is 7. The molecule has 2 aromatic rings. The van der Waals surface area contributed by atoms with Gasteiger partial charge in [0.05, 0.1) is 19.8 Å². The van der Waals surface area contributed by atoms with E-state index in [4.69, 9.17) is 9.47 Å². The Morgan fingerprint density at radius 2 is 1.84 bits per heavy atom. The Kier molecular flexibility index (Phi) is 7.99. The van der Waals surface area contributed by atoms with Crippen LogP contribution in [0.4, 0.5) is 5.69 Å². The van der Waals surface area contributed by atoms with E-state index in [2.05, 4.69) is 21.7 Å². The molecule has 0 radical (unpaired) electrons. The third kappa shape index (κ3) is 5.52. The molecule has 2 N–H and O–H groups in total. The van der Waals surface area contributed by atoms with Crippen molar-refractivity contribution in [1.82, 2.24) is 9.82 Å². The Morgan fingerprint density at radius 3 is 2.35 bits per heavy atom. The molecule has 0 bridgehead atoms. The van der Waals surface area contributed by atoms with E-state index in [0.29, 0.717) is 5.56 Å². The number of carbonyl (C=O) groups excluding carboxylic acids is 1. The molecule has 2 atom stereocenters. The first-order valence-electron chi connectivity index (χ1n) is 9.25. The van der Waals surface area contributed by atoms with Crippen molar-refractivity contribution in [3.8, 4) is 23.3 Å². The van der Waals surface area contributed by atoms with Gasteiger partial charge < -0.3 is 14.6 Å². The number of nitrogens with one attached hydrogen (secondary N) is 1. The van der Waals surface area contributed by atoms with Gasteiger partial charge in [0, 0.05) is 12.4 Å². The van der Waals surface area contributed by atoms with E-state index < -0.39 is 27.3 Å². The Hall–Kier alpha value is -3.13. The molecular weight excluding hydrogens is 422 g/mol. The molecule has 1 heterocycles. The number of aromatic nitrogens is 1. The van der Waals surface area contributed by atoms with Gasteiger partial charge >= 0.3 is 0 Å². The van der Waals surface area contributed by atoms with Crippen molar-refractivity contribution in [1.29, 1.82) is 0 Å². The lowest BCUT2D eigenvalue weighted by Crippen LogP contribution is -2.51. The van der Waals surface area contributed by atoms with Gasteiger partial charge in [0.1, 0.15) is 28.5 Å². The fourth-order valence-electron chi connectivity index (χ4n) is 2.69. The van der Waals surface area contributed by atoms with E-state index in [0.717, 1.165) is 5.01 Å². The Morgan fingerprint density at radius 1 is 1.23 bits per heavy atom. The molecule has 0 fully saturated rings. The van der Waals surface area contributed by atoms with Crippen molar-refractivity contribution in [3.63, 3.8) is 0 Å². The fourth-order valence-corrected chi connectivity index (χ4v) is 3.69. The molecule has 0 saturated heterocycles. The van der Waals surface area contributed by atoms with Crippen molar-refractivity contribution < 1.29 is 27.8 Å². The first-order valence-corrected chi connectivity index (χ1v) is 10.8. The van der Waals surface area contributed by atoms with Crippen LogP contribution >= 0.6 is 0 Å². The van der Waals surface area contributed by atoms with Crippen LogP contribution in [-0.4, -0.2) is 50.0 Å². The average molecular weight is 448 g/mol. The van der Waals surface area contributed by atoms with Crippen LogP contribution in [0.1, 0.15) is 29.8 Å². The number of hydrazine groups is 1. The average Bonchev–Trinajstić information content (AvgIpc) is 2.76. The quantitative estimate of drug-likeness (QED) is 0.467. The number of aliphatic hydroxyl groups is 1. The number of nitrogens with zero attached hydrogens (tertiary/aromatic N) is 2. The van der Waals surface area contributed by atoms with E-state index in [1.807, 2.05) is 0 Å². The molecule has 1 amide bonds. The summed E-state index contributed by atoms with van der Waals surface area (Å²) in [6.45, 7) is 4.52. The first-order chi connectivity index (χ1) is 14.7. The standard InChI is InChI=1S/C21H25N3O6S/c1-6-8-17(25)15(3)31(27,28)23-24(21(26)16-11-14(2)12-22-13-16)20-18(29-4)9-7-10-19(20)30-5/h7,9-13,15,17,23,25H,1-5H3. The van der Waals surface area contributed by atoms with Gasteiger partial charge in [-0.05, 0) is 44.5 Å². The highest BCUT2D eigenvalue weighted by Gasteiger charge is 2.34. The molecule has 2 unspecified atom stereocenters. The van der Waals surface area contributed by atoms with Crippen LogP contribution < -0.4 is 19.3 Å². The molecule has 10 heteroatoms. The number of pyridine rings is 1. The number of para-hydroxylation sites is 1. The normalized spacial score (nSPS) is 12.8. The SMILES string of the molecule is CC#CC(O)C(C)S(=O)(=O)NN(C(=O)c1cncc(C)c1)c1c(OC)cccc1OC. The highest BCUT2D eigenvalue weighted by atomic mass is 32.2. The minimum absolute atomic E-state index is 0.0471. The number of sulfonamides is 1. The molecule has 1 aromatic heterocycles. The third-order valence-electron chi connectivity index (χ3n) is 4.40. The first kappa shape index (κ1) is 24.1. The molecule has 0 spiro atoms.